The predicted octanol–water partition coefficient (Wildman–Crippen LogP) is 4.27. The first kappa shape index (κ1) is 17.4. The Labute approximate surface area is 166 Å². The van der Waals surface area contributed by atoms with Crippen molar-refractivity contribution in [2.45, 2.75) is 10.2 Å². The molecule has 7 nitrogen and oxygen atoms in total. The van der Waals surface area contributed by atoms with E-state index in [0.717, 1.165) is 5.56 Å². The van der Waals surface area contributed by atoms with Crippen LogP contribution in [0.2, 0.25) is 0 Å². The molecular formula is C19H10F2N6OS. The average Bonchev–Trinajstić information content (AvgIpc) is 3.38. The molecule has 3 aromatic heterocycles. The standard InChI is InChI=1S/C19H10F2N6OS/c20-13-6-4-11(5-7-13)15-9-16(27-18(24-15)22-10-23-27)29-19-26-25-17(28-19)12-2-1-3-14(21)8-12/h1-10H. The van der Waals surface area contributed by atoms with Crippen LogP contribution in [0.15, 0.2) is 75.6 Å². The molecule has 0 atom stereocenters. The van der Waals surface area contributed by atoms with Gasteiger partial charge in [-0.05, 0) is 60.3 Å². The van der Waals surface area contributed by atoms with Gasteiger partial charge in [-0.3, -0.25) is 0 Å². The number of hydrogen-bond donors (Lipinski definition) is 0. The van der Waals surface area contributed by atoms with Crippen LogP contribution >= 0.6 is 11.8 Å². The number of nitrogens with zero attached hydrogens (tertiary/aromatic N) is 6. The molecular weight excluding hydrogens is 398 g/mol. The van der Waals surface area contributed by atoms with Crippen LogP contribution in [-0.2, 0) is 0 Å². The molecule has 0 bridgehead atoms. The Balaban J connectivity index is 1.52. The molecule has 0 amide bonds. The van der Waals surface area contributed by atoms with E-state index in [-0.39, 0.29) is 16.9 Å². The Morgan fingerprint density at radius 2 is 1.76 bits per heavy atom. The summed E-state index contributed by atoms with van der Waals surface area (Å²) < 4.78 is 33.9. The molecule has 0 radical (unpaired) electrons. The van der Waals surface area contributed by atoms with Gasteiger partial charge in [0, 0.05) is 11.1 Å². The second kappa shape index (κ2) is 7.06. The first-order chi connectivity index (χ1) is 14.2. The summed E-state index contributed by atoms with van der Waals surface area (Å²) in [4.78, 5) is 8.58. The maximum Gasteiger partial charge on any atom is 0.283 e. The summed E-state index contributed by atoms with van der Waals surface area (Å²) in [5.41, 5.74) is 1.81. The number of benzene rings is 2. The number of fused-ring (bicyclic) bond motifs is 1. The summed E-state index contributed by atoms with van der Waals surface area (Å²) in [5, 5.41) is 13.0. The molecule has 0 N–H and O–H groups in total. The van der Waals surface area contributed by atoms with Crippen molar-refractivity contribution < 1.29 is 13.2 Å². The van der Waals surface area contributed by atoms with Crippen molar-refractivity contribution >= 4 is 17.5 Å². The maximum absolute atomic E-state index is 13.4. The van der Waals surface area contributed by atoms with Crippen LogP contribution in [0.3, 0.4) is 0 Å². The Bertz CT molecular complexity index is 1320. The van der Waals surface area contributed by atoms with E-state index in [2.05, 4.69) is 25.3 Å². The lowest BCUT2D eigenvalue weighted by molar-refractivity contribution is 0.465. The van der Waals surface area contributed by atoms with Crippen LogP contribution in [0.5, 0.6) is 0 Å². The van der Waals surface area contributed by atoms with Crippen molar-refractivity contribution in [3.63, 3.8) is 0 Å². The highest BCUT2D eigenvalue weighted by Crippen LogP contribution is 2.31. The van der Waals surface area contributed by atoms with Crippen molar-refractivity contribution in [3.8, 4) is 22.7 Å². The van der Waals surface area contributed by atoms with Gasteiger partial charge in [-0.25, -0.2) is 13.8 Å². The summed E-state index contributed by atoms with van der Waals surface area (Å²) in [6, 6.07) is 13.7. The topological polar surface area (TPSA) is 82.0 Å². The zero-order valence-electron chi connectivity index (χ0n) is 14.5. The van der Waals surface area contributed by atoms with Crippen LogP contribution < -0.4 is 0 Å². The molecule has 0 saturated carbocycles. The third-order valence-electron chi connectivity index (χ3n) is 4.03. The fourth-order valence-electron chi connectivity index (χ4n) is 2.71. The Morgan fingerprint density at radius 3 is 2.59 bits per heavy atom. The van der Waals surface area contributed by atoms with Gasteiger partial charge in [0.1, 0.15) is 23.0 Å². The van der Waals surface area contributed by atoms with E-state index in [1.54, 1.807) is 30.3 Å². The van der Waals surface area contributed by atoms with Gasteiger partial charge in [0.05, 0.1) is 5.69 Å². The molecule has 10 heteroatoms. The summed E-state index contributed by atoms with van der Waals surface area (Å²) in [6.07, 6.45) is 1.38. The summed E-state index contributed by atoms with van der Waals surface area (Å²) in [6.45, 7) is 0. The van der Waals surface area contributed by atoms with Crippen LogP contribution in [0, 0.1) is 11.6 Å². The highest BCUT2D eigenvalue weighted by Gasteiger charge is 2.15. The third kappa shape index (κ3) is 3.45. The predicted molar refractivity (Wildman–Crippen MR) is 100.0 cm³/mol. The highest BCUT2D eigenvalue weighted by molar-refractivity contribution is 7.99. The largest absolute Gasteiger partial charge is 0.411 e. The summed E-state index contributed by atoms with van der Waals surface area (Å²) in [5.74, 6) is -0.145. The monoisotopic (exact) mass is 408 g/mol. The Morgan fingerprint density at radius 1 is 0.897 bits per heavy atom. The lowest BCUT2D eigenvalue weighted by Gasteiger charge is -2.05. The minimum Gasteiger partial charge on any atom is -0.411 e. The third-order valence-corrected chi connectivity index (χ3v) is 4.87. The number of aromatic nitrogens is 6. The molecule has 0 aliphatic carbocycles. The molecule has 2 aromatic carbocycles. The van der Waals surface area contributed by atoms with E-state index in [1.165, 1.54) is 46.9 Å². The second-order valence-electron chi connectivity index (χ2n) is 5.94. The molecule has 0 aliphatic heterocycles. The smallest absolute Gasteiger partial charge is 0.283 e. The fraction of sp³-hybridized carbons (Fsp3) is 0. The average molecular weight is 408 g/mol. The minimum atomic E-state index is -0.391. The van der Waals surface area contributed by atoms with Gasteiger partial charge in [0.25, 0.3) is 11.0 Å². The van der Waals surface area contributed by atoms with Crippen LogP contribution in [0.4, 0.5) is 8.78 Å². The van der Waals surface area contributed by atoms with Gasteiger partial charge in [0.2, 0.25) is 5.89 Å². The summed E-state index contributed by atoms with van der Waals surface area (Å²) >= 11 is 1.17. The zero-order chi connectivity index (χ0) is 19.8. The van der Waals surface area contributed by atoms with Gasteiger partial charge in [-0.1, -0.05) is 6.07 Å². The van der Waals surface area contributed by atoms with Crippen molar-refractivity contribution in [2.24, 2.45) is 0 Å². The molecule has 3 heterocycles. The Hall–Kier alpha value is -3.66. The SMILES string of the molecule is Fc1ccc(-c2cc(Sc3nnc(-c4cccc(F)c4)o3)n3ncnc3n2)cc1. The highest BCUT2D eigenvalue weighted by atomic mass is 32.2. The van der Waals surface area contributed by atoms with E-state index in [1.807, 2.05) is 0 Å². The molecule has 5 aromatic rings. The van der Waals surface area contributed by atoms with Gasteiger partial charge in [-0.2, -0.15) is 14.6 Å². The minimum absolute atomic E-state index is 0.203. The van der Waals surface area contributed by atoms with Crippen molar-refractivity contribution in [1.29, 1.82) is 0 Å². The van der Waals surface area contributed by atoms with Gasteiger partial charge >= 0.3 is 0 Å². The fourth-order valence-corrected chi connectivity index (χ4v) is 3.47. The van der Waals surface area contributed by atoms with Crippen LogP contribution in [0.1, 0.15) is 0 Å². The lowest BCUT2D eigenvalue weighted by Crippen LogP contribution is -1.97. The van der Waals surface area contributed by atoms with E-state index in [4.69, 9.17) is 4.42 Å². The lowest BCUT2D eigenvalue weighted by atomic mass is 10.1. The van der Waals surface area contributed by atoms with Gasteiger partial charge in [-0.15, -0.1) is 10.2 Å². The number of halogens is 2. The first-order valence-corrected chi connectivity index (χ1v) is 9.21. The summed E-state index contributed by atoms with van der Waals surface area (Å²) in [7, 11) is 0. The van der Waals surface area contributed by atoms with E-state index in [0.29, 0.717) is 22.1 Å². The van der Waals surface area contributed by atoms with E-state index < -0.39 is 5.82 Å². The molecule has 0 saturated heterocycles. The maximum atomic E-state index is 13.4. The molecule has 142 valence electrons. The molecule has 0 aliphatic rings. The van der Waals surface area contributed by atoms with Crippen molar-refractivity contribution in [1.82, 2.24) is 29.8 Å². The molecule has 0 spiro atoms. The van der Waals surface area contributed by atoms with Crippen molar-refractivity contribution in [3.05, 3.63) is 72.6 Å². The number of hydrogen-bond acceptors (Lipinski definition) is 7. The molecule has 0 unspecified atom stereocenters. The second-order valence-corrected chi connectivity index (χ2v) is 6.92. The van der Waals surface area contributed by atoms with Gasteiger partial charge < -0.3 is 4.42 Å². The Kier molecular flexibility index (Phi) is 4.24. The van der Waals surface area contributed by atoms with Crippen molar-refractivity contribution in [2.75, 3.05) is 0 Å². The normalized spacial score (nSPS) is 11.2. The first-order valence-electron chi connectivity index (χ1n) is 8.40. The molecule has 29 heavy (non-hydrogen) atoms. The van der Waals surface area contributed by atoms with E-state index >= 15 is 0 Å². The van der Waals surface area contributed by atoms with E-state index in [9.17, 15) is 8.78 Å². The quantitative estimate of drug-likeness (QED) is 0.411. The van der Waals surface area contributed by atoms with Crippen LogP contribution in [-0.4, -0.2) is 29.8 Å². The molecule has 0 fully saturated rings. The zero-order valence-corrected chi connectivity index (χ0v) is 15.3. The van der Waals surface area contributed by atoms with Crippen LogP contribution in [0.25, 0.3) is 28.5 Å². The number of rotatable bonds is 4. The molecule has 5 rings (SSSR count). The van der Waals surface area contributed by atoms with Gasteiger partial charge in [0.15, 0.2) is 0 Å².